The highest BCUT2D eigenvalue weighted by Crippen LogP contribution is 2.39. The van der Waals surface area contributed by atoms with E-state index in [0.717, 1.165) is 25.7 Å². The molecule has 0 saturated heterocycles. The van der Waals surface area contributed by atoms with Gasteiger partial charge in [-0.2, -0.15) is 0 Å². The molecule has 0 aromatic rings. The molecule has 0 heterocycles. The summed E-state index contributed by atoms with van der Waals surface area (Å²) in [6.45, 7) is 8.04. The molecule has 1 rings (SSSR count). The Morgan fingerprint density at radius 1 is 1.25 bits per heavy atom. The second-order valence-electron chi connectivity index (χ2n) is 6.10. The van der Waals surface area contributed by atoms with Crippen molar-refractivity contribution >= 4 is 11.9 Å². The van der Waals surface area contributed by atoms with Gasteiger partial charge >= 0.3 is 5.97 Å². The molecule has 0 bridgehead atoms. The maximum absolute atomic E-state index is 12.5. The van der Waals surface area contributed by atoms with E-state index in [1.165, 1.54) is 0 Å². The molecule has 1 aliphatic carbocycles. The van der Waals surface area contributed by atoms with E-state index in [1.807, 2.05) is 13.8 Å². The summed E-state index contributed by atoms with van der Waals surface area (Å²) >= 11 is 0. The van der Waals surface area contributed by atoms with Crippen molar-refractivity contribution in [3.8, 4) is 0 Å². The number of carbonyl (C=O) groups is 2. The fraction of sp³-hybridized carbons (Fsp3) is 0.750. The van der Waals surface area contributed by atoms with Gasteiger partial charge in [-0.25, -0.2) is 0 Å². The first-order valence-electron chi connectivity index (χ1n) is 7.57. The van der Waals surface area contributed by atoms with Crippen LogP contribution in [0.25, 0.3) is 0 Å². The SMILES string of the molecule is C=CCN(C(=O)CC1(C(=O)O)CCCCCC1)C(C)C. The Morgan fingerprint density at radius 2 is 1.80 bits per heavy atom. The largest absolute Gasteiger partial charge is 0.481 e. The zero-order valence-corrected chi connectivity index (χ0v) is 12.7. The van der Waals surface area contributed by atoms with Crippen molar-refractivity contribution in [2.45, 2.75) is 64.8 Å². The number of carboxylic acids is 1. The van der Waals surface area contributed by atoms with E-state index in [9.17, 15) is 14.7 Å². The third kappa shape index (κ3) is 4.09. The van der Waals surface area contributed by atoms with Crippen LogP contribution in [-0.4, -0.2) is 34.5 Å². The molecule has 0 unspecified atom stereocenters. The Hall–Kier alpha value is -1.32. The molecule has 0 aromatic heterocycles. The first-order valence-corrected chi connectivity index (χ1v) is 7.57. The number of nitrogens with zero attached hydrogens (tertiary/aromatic N) is 1. The molecule has 0 spiro atoms. The highest BCUT2D eigenvalue weighted by atomic mass is 16.4. The summed E-state index contributed by atoms with van der Waals surface area (Å²) in [6, 6.07) is 0.0668. The lowest BCUT2D eigenvalue weighted by molar-refractivity contribution is -0.155. The molecule has 0 aliphatic heterocycles. The number of hydrogen-bond donors (Lipinski definition) is 1. The average Bonchev–Trinajstić information content (AvgIpc) is 2.61. The Balaban J connectivity index is 2.85. The first kappa shape index (κ1) is 16.7. The van der Waals surface area contributed by atoms with Gasteiger partial charge in [-0.15, -0.1) is 6.58 Å². The summed E-state index contributed by atoms with van der Waals surface area (Å²) in [5.41, 5.74) is -0.859. The predicted molar refractivity (Wildman–Crippen MR) is 79.4 cm³/mol. The second kappa shape index (κ2) is 7.46. The molecular weight excluding hydrogens is 254 g/mol. The van der Waals surface area contributed by atoms with Gasteiger partial charge < -0.3 is 10.0 Å². The number of aliphatic carboxylic acids is 1. The molecular formula is C16H27NO3. The standard InChI is InChI=1S/C16H27NO3/c1-4-11-17(13(2)3)14(18)12-16(15(19)20)9-7-5-6-8-10-16/h4,13H,1,5-12H2,2-3H3,(H,19,20). The molecule has 114 valence electrons. The van der Waals surface area contributed by atoms with Crippen LogP contribution in [0.4, 0.5) is 0 Å². The molecule has 1 amide bonds. The van der Waals surface area contributed by atoms with Crippen molar-refractivity contribution in [3.05, 3.63) is 12.7 Å². The van der Waals surface area contributed by atoms with Gasteiger partial charge in [0.15, 0.2) is 0 Å². The first-order chi connectivity index (χ1) is 9.43. The molecule has 0 radical (unpaired) electrons. The zero-order valence-electron chi connectivity index (χ0n) is 12.7. The lowest BCUT2D eigenvalue weighted by atomic mass is 9.77. The van der Waals surface area contributed by atoms with E-state index in [2.05, 4.69) is 6.58 Å². The topological polar surface area (TPSA) is 57.6 Å². The number of carbonyl (C=O) groups excluding carboxylic acids is 1. The van der Waals surface area contributed by atoms with E-state index < -0.39 is 11.4 Å². The minimum atomic E-state index is -0.859. The van der Waals surface area contributed by atoms with Gasteiger partial charge in [-0.1, -0.05) is 31.8 Å². The van der Waals surface area contributed by atoms with Crippen LogP contribution in [0.3, 0.4) is 0 Å². The molecule has 0 aromatic carbocycles. The second-order valence-corrected chi connectivity index (χ2v) is 6.10. The average molecular weight is 281 g/mol. The lowest BCUT2D eigenvalue weighted by Gasteiger charge is -2.32. The summed E-state index contributed by atoms with van der Waals surface area (Å²) in [7, 11) is 0. The molecule has 1 fully saturated rings. The minimum Gasteiger partial charge on any atom is -0.481 e. The molecule has 20 heavy (non-hydrogen) atoms. The van der Waals surface area contributed by atoms with Crippen molar-refractivity contribution < 1.29 is 14.7 Å². The highest BCUT2D eigenvalue weighted by Gasteiger charge is 2.41. The third-order valence-electron chi connectivity index (χ3n) is 4.27. The predicted octanol–water partition coefficient (Wildman–Crippen LogP) is 3.22. The van der Waals surface area contributed by atoms with Gasteiger partial charge in [0.05, 0.1) is 5.41 Å². The number of rotatable bonds is 6. The van der Waals surface area contributed by atoms with E-state index in [4.69, 9.17) is 0 Å². The van der Waals surface area contributed by atoms with Gasteiger partial charge in [-0.3, -0.25) is 9.59 Å². The van der Waals surface area contributed by atoms with E-state index in [-0.39, 0.29) is 18.4 Å². The van der Waals surface area contributed by atoms with Crippen LogP contribution >= 0.6 is 0 Å². The molecule has 1 saturated carbocycles. The lowest BCUT2D eigenvalue weighted by Crippen LogP contribution is -2.42. The van der Waals surface area contributed by atoms with Crippen LogP contribution in [0.2, 0.25) is 0 Å². The number of hydrogen-bond acceptors (Lipinski definition) is 2. The highest BCUT2D eigenvalue weighted by molar-refractivity contribution is 5.85. The summed E-state index contributed by atoms with van der Waals surface area (Å²) in [6.07, 6.45) is 7.01. The maximum Gasteiger partial charge on any atom is 0.310 e. The van der Waals surface area contributed by atoms with E-state index >= 15 is 0 Å². The Labute approximate surface area is 121 Å². The van der Waals surface area contributed by atoms with Crippen LogP contribution in [0, 0.1) is 5.41 Å². The quantitative estimate of drug-likeness (QED) is 0.600. The monoisotopic (exact) mass is 281 g/mol. The number of carboxylic acid groups (broad SMARTS) is 1. The Bertz CT molecular complexity index is 355. The van der Waals surface area contributed by atoms with Crippen LogP contribution in [0.5, 0.6) is 0 Å². The number of amides is 1. The molecule has 1 aliphatic rings. The van der Waals surface area contributed by atoms with Gasteiger partial charge in [0.1, 0.15) is 0 Å². The Morgan fingerprint density at radius 3 is 2.20 bits per heavy atom. The molecule has 0 atom stereocenters. The van der Waals surface area contributed by atoms with Gasteiger partial charge in [0.25, 0.3) is 0 Å². The van der Waals surface area contributed by atoms with Crippen LogP contribution in [0.15, 0.2) is 12.7 Å². The van der Waals surface area contributed by atoms with Crippen molar-refractivity contribution in [2.75, 3.05) is 6.54 Å². The van der Waals surface area contributed by atoms with Crippen LogP contribution < -0.4 is 0 Å². The van der Waals surface area contributed by atoms with Gasteiger partial charge in [-0.05, 0) is 26.7 Å². The van der Waals surface area contributed by atoms with Gasteiger partial charge in [0.2, 0.25) is 5.91 Å². The van der Waals surface area contributed by atoms with Crippen molar-refractivity contribution in [2.24, 2.45) is 5.41 Å². The zero-order chi connectivity index (χ0) is 15.2. The fourth-order valence-electron chi connectivity index (χ4n) is 3.00. The Kier molecular flexibility index (Phi) is 6.24. The summed E-state index contributed by atoms with van der Waals surface area (Å²) < 4.78 is 0. The molecule has 4 heteroatoms. The smallest absolute Gasteiger partial charge is 0.310 e. The van der Waals surface area contributed by atoms with Crippen molar-refractivity contribution in [3.63, 3.8) is 0 Å². The van der Waals surface area contributed by atoms with Crippen molar-refractivity contribution in [1.29, 1.82) is 0 Å². The van der Waals surface area contributed by atoms with Crippen LogP contribution in [-0.2, 0) is 9.59 Å². The van der Waals surface area contributed by atoms with Crippen LogP contribution in [0.1, 0.15) is 58.8 Å². The summed E-state index contributed by atoms with van der Waals surface area (Å²) in [5.74, 6) is -0.876. The summed E-state index contributed by atoms with van der Waals surface area (Å²) in [5, 5.41) is 9.62. The molecule has 4 nitrogen and oxygen atoms in total. The minimum absolute atomic E-state index is 0.0656. The normalized spacial score (nSPS) is 18.4. The third-order valence-corrected chi connectivity index (χ3v) is 4.27. The maximum atomic E-state index is 12.5. The fourth-order valence-corrected chi connectivity index (χ4v) is 3.00. The molecule has 1 N–H and O–H groups in total. The van der Waals surface area contributed by atoms with E-state index in [0.29, 0.717) is 19.4 Å². The summed E-state index contributed by atoms with van der Waals surface area (Å²) in [4.78, 5) is 25.9. The van der Waals surface area contributed by atoms with Crippen molar-refractivity contribution in [1.82, 2.24) is 4.90 Å². The van der Waals surface area contributed by atoms with E-state index in [1.54, 1.807) is 11.0 Å². The van der Waals surface area contributed by atoms with Gasteiger partial charge in [0, 0.05) is 19.0 Å².